The van der Waals surface area contributed by atoms with E-state index in [0.29, 0.717) is 59.6 Å². The van der Waals surface area contributed by atoms with E-state index in [1.54, 1.807) is 0 Å². The zero-order chi connectivity index (χ0) is 23.3. The zero-order valence-corrected chi connectivity index (χ0v) is 23.3. The van der Waals surface area contributed by atoms with Crippen molar-refractivity contribution in [1.82, 2.24) is 0 Å². The average Bonchev–Trinajstić information content (AvgIpc) is 3.19. The van der Waals surface area contributed by atoms with Gasteiger partial charge in [0.25, 0.3) is 0 Å². The maximum atomic E-state index is 2.71. The van der Waals surface area contributed by atoms with E-state index in [4.69, 9.17) is 0 Å². The Bertz CT molecular complexity index is 880. The first kappa shape index (κ1) is 21.5. The molecule has 0 aromatic heterocycles. The van der Waals surface area contributed by atoms with Crippen LogP contribution < -0.4 is 0 Å². The quantitative estimate of drug-likeness (QED) is 0.363. The highest BCUT2D eigenvalue weighted by atomic mass is 15.1. The lowest BCUT2D eigenvalue weighted by Crippen LogP contribution is -2.96. The van der Waals surface area contributed by atoms with Crippen LogP contribution >= 0.6 is 0 Å². The Morgan fingerprint density at radius 2 is 0.710 bits per heavy atom. The molecule has 0 aromatic carbocycles. The van der Waals surface area contributed by atoms with E-state index < -0.39 is 0 Å². The van der Waals surface area contributed by atoms with E-state index in [2.05, 4.69) is 90.0 Å². The molecule has 0 aliphatic heterocycles. The molecule has 31 heavy (non-hydrogen) atoms. The minimum atomic E-state index is 0.473. The third-order valence-corrected chi connectivity index (χ3v) is 15.0. The molecule has 6 saturated carbocycles. The van der Waals surface area contributed by atoms with Gasteiger partial charge >= 0.3 is 0 Å². The van der Waals surface area contributed by atoms with Crippen molar-refractivity contribution in [3.8, 4) is 0 Å². The van der Waals surface area contributed by atoms with Crippen molar-refractivity contribution in [3.63, 3.8) is 0 Å². The molecule has 0 bridgehead atoms. The molecule has 0 N–H and O–H groups in total. The standard InChI is InChI=1S/C31H52/c1-20-14-21(2,3)27(20)15-22(4,5)29(27)17-25(10,11)31(29)19-26(12,13)30(31)18-24(8,9)28(30)16-23(28,6)7/h20H,14-19H2,1-13H3. The number of rotatable bonds is 0. The fraction of sp³-hybridized carbons (Fsp3) is 1.00. The molecular weight excluding hydrogens is 372 g/mol. The molecule has 6 rings (SSSR count). The molecule has 0 heteroatoms. The Morgan fingerprint density at radius 1 is 0.387 bits per heavy atom. The summed E-state index contributed by atoms with van der Waals surface area (Å²) in [6, 6.07) is 0. The predicted molar refractivity (Wildman–Crippen MR) is 132 cm³/mol. The minimum absolute atomic E-state index is 0.473. The highest BCUT2D eigenvalue weighted by Gasteiger charge is 3.03. The van der Waals surface area contributed by atoms with E-state index in [-0.39, 0.29) is 0 Å². The largest absolute Gasteiger partial charge is 0.0619 e. The molecule has 6 aliphatic carbocycles. The third-order valence-electron chi connectivity index (χ3n) is 15.0. The van der Waals surface area contributed by atoms with Crippen molar-refractivity contribution in [3.05, 3.63) is 0 Å². The van der Waals surface area contributed by atoms with Crippen LogP contribution in [0, 0.1) is 65.5 Å². The fourth-order valence-electron chi connectivity index (χ4n) is 15.4. The minimum Gasteiger partial charge on any atom is -0.0619 e. The second-order valence-corrected chi connectivity index (χ2v) is 17.9. The number of fused-ring (bicyclic) bond motifs is 4. The average molecular weight is 425 g/mol. The van der Waals surface area contributed by atoms with Gasteiger partial charge in [-0.05, 0) is 104 Å². The lowest BCUT2D eigenvalue weighted by atomic mass is 9.02. The van der Waals surface area contributed by atoms with Crippen LogP contribution in [-0.4, -0.2) is 0 Å². The summed E-state index contributed by atoms with van der Waals surface area (Å²) in [4.78, 5) is 0. The molecule has 6 fully saturated rings. The van der Waals surface area contributed by atoms with Crippen LogP contribution in [0.2, 0.25) is 0 Å². The van der Waals surface area contributed by atoms with E-state index in [1.807, 2.05) is 0 Å². The predicted octanol–water partition coefficient (Wildman–Crippen LogP) is 9.13. The maximum Gasteiger partial charge on any atom is -0.0106 e. The van der Waals surface area contributed by atoms with Crippen molar-refractivity contribution in [2.75, 3.05) is 0 Å². The van der Waals surface area contributed by atoms with Crippen LogP contribution in [0.3, 0.4) is 0 Å². The summed E-state index contributed by atoms with van der Waals surface area (Å²) < 4.78 is 0. The summed E-state index contributed by atoms with van der Waals surface area (Å²) in [5.74, 6) is 0.903. The molecule has 0 amide bonds. The van der Waals surface area contributed by atoms with Crippen LogP contribution in [0.1, 0.15) is 129 Å². The molecule has 0 aromatic rings. The number of hydrogen-bond donors (Lipinski definition) is 0. The smallest absolute Gasteiger partial charge is 0.0106 e. The lowest BCUT2D eigenvalue weighted by molar-refractivity contribution is -0.547. The fourth-order valence-corrected chi connectivity index (χ4v) is 15.4. The summed E-state index contributed by atoms with van der Waals surface area (Å²) in [6.07, 6.45) is 8.83. The Balaban J connectivity index is 1.63. The van der Waals surface area contributed by atoms with E-state index >= 15 is 0 Å². The van der Waals surface area contributed by atoms with E-state index in [9.17, 15) is 0 Å². The van der Waals surface area contributed by atoms with Gasteiger partial charge in [-0.3, -0.25) is 0 Å². The van der Waals surface area contributed by atoms with Crippen molar-refractivity contribution >= 4 is 0 Å². The van der Waals surface area contributed by atoms with Gasteiger partial charge < -0.3 is 0 Å². The van der Waals surface area contributed by atoms with Gasteiger partial charge in [0.1, 0.15) is 0 Å². The Kier molecular flexibility index (Phi) is 3.11. The first-order valence-electron chi connectivity index (χ1n) is 13.7. The van der Waals surface area contributed by atoms with Crippen LogP contribution in [0.4, 0.5) is 0 Å². The van der Waals surface area contributed by atoms with Crippen LogP contribution in [0.5, 0.6) is 0 Å². The second-order valence-electron chi connectivity index (χ2n) is 17.9. The molecule has 6 unspecified atom stereocenters. The molecule has 176 valence electrons. The van der Waals surface area contributed by atoms with Crippen LogP contribution in [0.25, 0.3) is 0 Å². The zero-order valence-electron chi connectivity index (χ0n) is 23.3. The van der Waals surface area contributed by atoms with Gasteiger partial charge in [0.05, 0.1) is 0 Å². The molecule has 5 spiro atoms. The molecule has 0 radical (unpaired) electrons. The maximum absolute atomic E-state index is 2.71. The molecule has 0 heterocycles. The van der Waals surface area contributed by atoms with Gasteiger partial charge in [0, 0.05) is 0 Å². The highest BCUT2D eigenvalue weighted by molar-refractivity contribution is 5.50. The van der Waals surface area contributed by atoms with Gasteiger partial charge in [0.2, 0.25) is 0 Å². The summed E-state index contributed by atoms with van der Waals surface area (Å²) in [5.41, 5.74) is 5.65. The summed E-state index contributed by atoms with van der Waals surface area (Å²) in [6.45, 7) is 34.7. The molecule has 6 aliphatic rings. The second kappa shape index (κ2) is 4.49. The van der Waals surface area contributed by atoms with Crippen LogP contribution in [-0.2, 0) is 0 Å². The van der Waals surface area contributed by atoms with Crippen LogP contribution in [0.15, 0.2) is 0 Å². The third kappa shape index (κ3) is 1.41. The van der Waals surface area contributed by atoms with Gasteiger partial charge in [0.15, 0.2) is 0 Å². The topological polar surface area (TPSA) is 0 Å². The van der Waals surface area contributed by atoms with Gasteiger partial charge in [-0.15, -0.1) is 0 Å². The monoisotopic (exact) mass is 424 g/mol. The van der Waals surface area contributed by atoms with Gasteiger partial charge in [-0.25, -0.2) is 0 Å². The Hall–Kier alpha value is 0. The van der Waals surface area contributed by atoms with Gasteiger partial charge in [-0.1, -0.05) is 90.0 Å². The van der Waals surface area contributed by atoms with E-state index in [1.165, 1.54) is 38.5 Å². The first-order valence-corrected chi connectivity index (χ1v) is 13.7. The van der Waals surface area contributed by atoms with Crippen molar-refractivity contribution in [2.24, 2.45) is 65.5 Å². The Morgan fingerprint density at radius 3 is 1.00 bits per heavy atom. The SMILES string of the molecule is CC1CC(C)(C)C12CC(C)(C)C21CC(C)(C)C12CC(C)(C)C21CC(C)(C)C12CC2(C)C. The summed E-state index contributed by atoms with van der Waals surface area (Å²) in [7, 11) is 0. The summed E-state index contributed by atoms with van der Waals surface area (Å²) in [5, 5.41) is 0. The number of hydrogen-bond acceptors (Lipinski definition) is 0. The first-order chi connectivity index (χ1) is 13.7. The molecule has 0 nitrogen and oxygen atoms in total. The van der Waals surface area contributed by atoms with Gasteiger partial charge in [-0.2, -0.15) is 0 Å². The van der Waals surface area contributed by atoms with Crippen molar-refractivity contribution in [2.45, 2.75) is 129 Å². The lowest BCUT2D eigenvalue weighted by Gasteiger charge is -3.02. The summed E-state index contributed by atoms with van der Waals surface area (Å²) >= 11 is 0. The highest BCUT2D eigenvalue weighted by Crippen LogP contribution is 3.09. The van der Waals surface area contributed by atoms with Crippen molar-refractivity contribution < 1.29 is 0 Å². The normalized spacial score (nSPS) is 58.9. The van der Waals surface area contributed by atoms with Crippen molar-refractivity contribution in [1.29, 1.82) is 0 Å². The Labute approximate surface area is 194 Å². The molecule has 6 atom stereocenters. The molecular formula is C31H52. The van der Waals surface area contributed by atoms with E-state index in [0.717, 1.165) is 5.92 Å². The molecule has 0 saturated heterocycles.